The molecule has 0 bridgehead atoms. The predicted octanol–water partition coefficient (Wildman–Crippen LogP) is 3.62. The van der Waals surface area contributed by atoms with Crippen LogP contribution in [0, 0.1) is 0 Å². The minimum Gasteiger partial charge on any atom is -0.353 e. The summed E-state index contributed by atoms with van der Waals surface area (Å²) in [4.78, 5) is 28.1. The summed E-state index contributed by atoms with van der Waals surface area (Å²) in [5.74, 6) is 0.0278. The van der Waals surface area contributed by atoms with Crippen molar-refractivity contribution in [2.75, 3.05) is 6.54 Å². The molecule has 1 saturated heterocycles. The van der Waals surface area contributed by atoms with Crippen LogP contribution < -0.4 is 5.32 Å². The molecule has 0 aromatic heterocycles. The number of hydrogen-bond donors (Lipinski definition) is 1. The highest BCUT2D eigenvalue weighted by Crippen LogP contribution is 2.38. The van der Waals surface area contributed by atoms with Crippen LogP contribution >= 0.6 is 0 Å². The molecule has 1 saturated carbocycles. The Morgan fingerprint density at radius 3 is 2.48 bits per heavy atom. The topological polar surface area (TPSA) is 49.4 Å². The van der Waals surface area contributed by atoms with Crippen molar-refractivity contribution in [1.82, 2.24) is 10.2 Å². The van der Waals surface area contributed by atoms with Crippen LogP contribution in [0.3, 0.4) is 0 Å². The zero-order chi connectivity index (χ0) is 17.2. The molecule has 1 aliphatic carbocycles. The van der Waals surface area contributed by atoms with Crippen LogP contribution in [0.15, 0.2) is 24.3 Å². The number of hydrogen-bond acceptors (Lipinski definition) is 2. The van der Waals surface area contributed by atoms with Crippen LogP contribution in [0.2, 0.25) is 0 Å². The molecular formula is C21H28N2O2. The molecule has 25 heavy (non-hydrogen) atoms. The van der Waals surface area contributed by atoms with E-state index in [0.29, 0.717) is 6.04 Å². The number of fused-ring (bicyclic) bond motifs is 2. The van der Waals surface area contributed by atoms with Crippen molar-refractivity contribution >= 4 is 11.8 Å². The summed E-state index contributed by atoms with van der Waals surface area (Å²) >= 11 is 0. The van der Waals surface area contributed by atoms with Gasteiger partial charge in [-0.25, -0.2) is 0 Å². The van der Waals surface area contributed by atoms with Crippen LogP contribution in [0.4, 0.5) is 0 Å². The van der Waals surface area contributed by atoms with E-state index < -0.39 is 0 Å². The van der Waals surface area contributed by atoms with Gasteiger partial charge in [-0.15, -0.1) is 0 Å². The van der Waals surface area contributed by atoms with Gasteiger partial charge in [0.1, 0.15) is 0 Å². The third-order valence-corrected chi connectivity index (χ3v) is 6.21. The minimum atomic E-state index is -0.211. The maximum atomic E-state index is 13.3. The smallest absolute Gasteiger partial charge is 0.254 e. The second-order valence-corrected chi connectivity index (χ2v) is 7.82. The van der Waals surface area contributed by atoms with Crippen LogP contribution in [0.1, 0.15) is 79.6 Å². The Balaban J connectivity index is 1.62. The number of carbonyl (C=O) groups excluding carboxylic acids is 2. The largest absolute Gasteiger partial charge is 0.353 e. The highest BCUT2D eigenvalue weighted by atomic mass is 16.2. The Labute approximate surface area is 150 Å². The summed E-state index contributed by atoms with van der Waals surface area (Å²) in [5.41, 5.74) is 1.66. The highest BCUT2D eigenvalue weighted by molar-refractivity contribution is 6.01. The number of nitrogens with zero attached hydrogens (tertiary/aromatic N) is 1. The molecule has 3 aliphatic rings. The fraction of sp³-hybridized carbons (Fsp3) is 0.619. The van der Waals surface area contributed by atoms with Gasteiger partial charge in [0.25, 0.3) is 5.91 Å². The number of carbonyl (C=O) groups is 2. The van der Waals surface area contributed by atoms with Crippen molar-refractivity contribution in [3.8, 4) is 0 Å². The first kappa shape index (κ1) is 16.6. The average Bonchev–Trinajstić information content (AvgIpc) is 2.91. The first-order chi connectivity index (χ1) is 12.3. The molecule has 0 spiro atoms. The van der Waals surface area contributed by atoms with Crippen molar-refractivity contribution in [3.05, 3.63) is 35.4 Å². The average molecular weight is 340 g/mol. The van der Waals surface area contributed by atoms with Crippen LogP contribution in [0.25, 0.3) is 0 Å². The van der Waals surface area contributed by atoms with E-state index in [2.05, 4.69) is 5.32 Å². The second-order valence-electron chi connectivity index (χ2n) is 7.82. The van der Waals surface area contributed by atoms with Crippen molar-refractivity contribution in [2.24, 2.45) is 0 Å². The monoisotopic (exact) mass is 340 g/mol. The fourth-order valence-electron chi connectivity index (χ4n) is 4.91. The number of benzene rings is 1. The van der Waals surface area contributed by atoms with E-state index >= 15 is 0 Å². The summed E-state index contributed by atoms with van der Waals surface area (Å²) < 4.78 is 0. The molecule has 134 valence electrons. The SMILES string of the molecule is O=C(NC1CCCCCC1)[C@@H]1c2ccccc2C(=O)N2CCCC[C@@H]12. The van der Waals surface area contributed by atoms with Gasteiger partial charge in [-0.2, -0.15) is 0 Å². The molecule has 0 radical (unpaired) electrons. The van der Waals surface area contributed by atoms with E-state index in [-0.39, 0.29) is 23.8 Å². The number of amides is 2. The standard InChI is InChI=1S/C21H28N2O2/c24-20(22-15-9-3-1-2-4-10-15)19-16-11-5-6-12-17(16)21(25)23-14-8-7-13-18(19)23/h5-6,11-12,15,18-19H,1-4,7-10,13-14H2,(H,22,24)/t18-,19+/m0/s1. The van der Waals surface area contributed by atoms with Gasteiger partial charge in [0.05, 0.1) is 5.92 Å². The van der Waals surface area contributed by atoms with Crippen molar-refractivity contribution in [1.29, 1.82) is 0 Å². The molecular weight excluding hydrogens is 312 g/mol. The molecule has 1 aromatic carbocycles. The lowest BCUT2D eigenvalue weighted by molar-refractivity contribution is -0.125. The summed E-state index contributed by atoms with van der Waals surface area (Å²) in [5, 5.41) is 3.34. The molecule has 4 rings (SSSR count). The van der Waals surface area contributed by atoms with E-state index in [1.807, 2.05) is 29.2 Å². The molecule has 4 heteroatoms. The first-order valence-corrected chi connectivity index (χ1v) is 9.96. The maximum absolute atomic E-state index is 13.3. The quantitative estimate of drug-likeness (QED) is 0.836. The molecule has 2 fully saturated rings. The van der Waals surface area contributed by atoms with E-state index in [9.17, 15) is 9.59 Å². The number of nitrogens with one attached hydrogen (secondary N) is 1. The molecule has 2 atom stereocenters. The van der Waals surface area contributed by atoms with Gasteiger partial charge >= 0.3 is 0 Å². The van der Waals surface area contributed by atoms with Crippen LogP contribution in [-0.2, 0) is 4.79 Å². The van der Waals surface area contributed by atoms with E-state index in [0.717, 1.165) is 49.8 Å². The highest BCUT2D eigenvalue weighted by Gasteiger charge is 2.44. The first-order valence-electron chi connectivity index (χ1n) is 9.96. The predicted molar refractivity (Wildman–Crippen MR) is 97.5 cm³/mol. The second kappa shape index (κ2) is 7.19. The molecule has 2 heterocycles. The lowest BCUT2D eigenvalue weighted by Crippen LogP contribution is -2.55. The summed E-state index contributed by atoms with van der Waals surface area (Å²) in [7, 11) is 0. The van der Waals surface area contributed by atoms with Crippen LogP contribution in [-0.4, -0.2) is 35.3 Å². The Morgan fingerprint density at radius 1 is 0.960 bits per heavy atom. The zero-order valence-corrected chi connectivity index (χ0v) is 14.9. The molecule has 1 aromatic rings. The van der Waals surface area contributed by atoms with E-state index in [1.165, 1.54) is 25.7 Å². The Kier molecular flexibility index (Phi) is 4.78. The summed E-state index contributed by atoms with van der Waals surface area (Å²) in [6.45, 7) is 0.783. The number of rotatable bonds is 2. The van der Waals surface area contributed by atoms with Crippen molar-refractivity contribution in [2.45, 2.75) is 75.8 Å². The zero-order valence-electron chi connectivity index (χ0n) is 14.9. The Morgan fingerprint density at radius 2 is 1.68 bits per heavy atom. The van der Waals surface area contributed by atoms with Gasteiger partial charge in [-0.1, -0.05) is 43.9 Å². The molecule has 2 aliphatic heterocycles. The minimum absolute atomic E-state index is 0.0296. The normalized spacial score (nSPS) is 27.2. The van der Waals surface area contributed by atoms with Crippen molar-refractivity contribution < 1.29 is 9.59 Å². The van der Waals surface area contributed by atoms with Crippen LogP contribution in [0.5, 0.6) is 0 Å². The lowest BCUT2D eigenvalue weighted by Gasteiger charge is -2.44. The van der Waals surface area contributed by atoms with Gasteiger partial charge < -0.3 is 10.2 Å². The van der Waals surface area contributed by atoms with Gasteiger partial charge in [-0.05, 0) is 43.7 Å². The Bertz CT molecular complexity index is 649. The van der Waals surface area contributed by atoms with Gasteiger partial charge in [0, 0.05) is 24.2 Å². The lowest BCUT2D eigenvalue weighted by atomic mass is 9.78. The third kappa shape index (κ3) is 3.19. The fourth-order valence-corrected chi connectivity index (χ4v) is 4.91. The maximum Gasteiger partial charge on any atom is 0.254 e. The van der Waals surface area contributed by atoms with Gasteiger partial charge in [0.2, 0.25) is 5.91 Å². The number of piperidine rings is 1. The molecule has 2 amide bonds. The Hall–Kier alpha value is -1.84. The van der Waals surface area contributed by atoms with Crippen molar-refractivity contribution in [3.63, 3.8) is 0 Å². The summed E-state index contributed by atoms with van der Waals surface area (Å²) in [6, 6.07) is 8.06. The van der Waals surface area contributed by atoms with E-state index in [1.54, 1.807) is 0 Å². The van der Waals surface area contributed by atoms with Gasteiger partial charge in [-0.3, -0.25) is 9.59 Å². The molecule has 4 nitrogen and oxygen atoms in total. The third-order valence-electron chi connectivity index (χ3n) is 6.21. The van der Waals surface area contributed by atoms with E-state index in [4.69, 9.17) is 0 Å². The van der Waals surface area contributed by atoms with Gasteiger partial charge in [0.15, 0.2) is 0 Å². The summed E-state index contributed by atoms with van der Waals surface area (Å²) in [6.07, 6.45) is 10.2. The molecule has 0 unspecified atom stereocenters. The molecule has 1 N–H and O–H groups in total.